The van der Waals surface area contributed by atoms with Crippen molar-refractivity contribution in [2.75, 3.05) is 13.1 Å². The first-order chi connectivity index (χ1) is 8.99. The molecule has 2 amide bonds. The molecule has 0 radical (unpaired) electrons. The minimum atomic E-state index is -0.823. The number of amides is 2. The van der Waals surface area contributed by atoms with Crippen LogP contribution < -0.4 is 5.32 Å². The molecular formula is C14H22N2O3. The smallest absolute Gasteiger partial charge is 0.318 e. The minimum absolute atomic E-state index is 0.256. The number of nitrogens with zero attached hydrogens (tertiary/aromatic N) is 1. The maximum absolute atomic E-state index is 12.1. The van der Waals surface area contributed by atoms with E-state index in [9.17, 15) is 14.7 Å². The number of carboxylic acid groups (broad SMARTS) is 1. The summed E-state index contributed by atoms with van der Waals surface area (Å²) >= 11 is 0. The Balaban J connectivity index is 2.72. The van der Waals surface area contributed by atoms with E-state index in [1.54, 1.807) is 4.90 Å². The van der Waals surface area contributed by atoms with Crippen molar-refractivity contribution in [1.29, 1.82) is 0 Å². The summed E-state index contributed by atoms with van der Waals surface area (Å²) in [6.07, 6.45) is 7.83. The van der Waals surface area contributed by atoms with Crippen molar-refractivity contribution in [3.8, 4) is 12.3 Å². The van der Waals surface area contributed by atoms with Crippen LogP contribution in [0.25, 0.3) is 0 Å². The molecule has 1 rings (SSSR count). The van der Waals surface area contributed by atoms with Gasteiger partial charge in [0.2, 0.25) is 0 Å². The topological polar surface area (TPSA) is 69.6 Å². The molecule has 5 nitrogen and oxygen atoms in total. The van der Waals surface area contributed by atoms with Crippen molar-refractivity contribution in [3.63, 3.8) is 0 Å². The highest BCUT2D eigenvalue weighted by molar-refractivity contribution is 5.79. The molecule has 0 bridgehead atoms. The van der Waals surface area contributed by atoms with Gasteiger partial charge in [-0.2, -0.15) is 0 Å². The van der Waals surface area contributed by atoms with Gasteiger partial charge < -0.3 is 15.3 Å². The number of carboxylic acids is 1. The van der Waals surface area contributed by atoms with E-state index in [0.717, 1.165) is 0 Å². The van der Waals surface area contributed by atoms with Gasteiger partial charge in [0.15, 0.2) is 0 Å². The zero-order valence-electron chi connectivity index (χ0n) is 11.6. The van der Waals surface area contributed by atoms with Crippen LogP contribution in [0.5, 0.6) is 0 Å². The molecule has 19 heavy (non-hydrogen) atoms. The Morgan fingerprint density at radius 3 is 2.68 bits per heavy atom. The molecular weight excluding hydrogens is 244 g/mol. The van der Waals surface area contributed by atoms with Crippen LogP contribution in [0.2, 0.25) is 0 Å². The lowest BCUT2D eigenvalue weighted by atomic mass is 9.78. The lowest BCUT2D eigenvalue weighted by Crippen LogP contribution is -2.53. The fraction of sp³-hybridized carbons (Fsp3) is 0.714. The molecule has 5 heteroatoms. The Labute approximate surface area is 114 Å². The van der Waals surface area contributed by atoms with Crippen LogP contribution >= 0.6 is 0 Å². The first-order valence-corrected chi connectivity index (χ1v) is 6.74. The van der Waals surface area contributed by atoms with Gasteiger partial charge in [0.05, 0.1) is 11.5 Å². The monoisotopic (exact) mass is 266 g/mol. The number of nitrogens with one attached hydrogen (secondary N) is 1. The molecule has 0 aromatic heterocycles. The number of carbonyl (C=O) groups is 2. The second-order valence-corrected chi connectivity index (χ2v) is 5.04. The number of aliphatic carboxylic acids is 1. The minimum Gasteiger partial charge on any atom is -0.481 e. The molecule has 1 heterocycles. The lowest BCUT2D eigenvalue weighted by molar-refractivity contribution is -0.152. The van der Waals surface area contributed by atoms with Crippen molar-refractivity contribution in [3.05, 3.63) is 0 Å². The fourth-order valence-corrected chi connectivity index (χ4v) is 2.42. The maximum atomic E-state index is 12.1. The third-order valence-electron chi connectivity index (χ3n) is 3.90. The molecule has 0 aromatic carbocycles. The number of urea groups is 1. The Kier molecular flexibility index (Phi) is 5.22. The molecule has 2 unspecified atom stereocenters. The summed E-state index contributed by atoms with van der Waals surface area (Å²) in [6.45, 7) is 4.59. The van der Waals surface area contributed by atoms with E-state index in [0.29, 0.717) is 32.2 Å². The van der Waals surface area contributed by atoms with Gasteiger partial charge >= 0.3 is 12.0 Å². The number of rotatable bonds is 4. The molecule has 0 aliphatic carbocycles. The lowest BCUT2D eigenvalue weighted by Gasteiger charge is -2.39. The van der Waals surface area contributed by atoms with E-state index < -0.39 is 11.4 Å². The van der Waals surface area contributed by atoms with E-state index >= 15 is 0 Å². The molecule has 2 atom stereocenters. The Hall–Kier alpha value is -1.70. The number of piperidine rings is 1. The first-order valence-electron chi connectivity index (χ1n) is 6.74. The van der Waals surface area contributed by atoms with Gasteiger partial charge in [-0.05, 0) is 25.7 Å². The van der Waals surface area contributed by atoms with E-state index in [-0.39, 0.29) is 18.6 Å². The van der Waals surface area contributed by atoms with Crippen LogP contribution in [0.1, 0.15) is 39.5 Å². The van der Waals surface area contributed by atoms with Gasteiger partial charge in [-0.25, -0.2) is 4.79 Å². The van der Waals surface area contributed by atoms with Gasteiger partial charge in [-0.3, -0.25) is 4.79 Å². The molecule has 1 aliphatic rings. The van der Waals surface area contributed by atoms with Crippen LogP contribution in [-0.2, 0) is 4.79 Å². The highest BCUT2D eigenvalue weighted by Crippen LogP contribution is 2.33. The van der Waals surface area contributed by atoms with Gasteiger partial charge in [0.25, 0.3) is 0 Å². The van der Waals surface area contributed by atoms with E-state index in [4.69, 9.17) is 6.42 Å². The predicted octanol–water partition coefficient (Wildman–Crippen LogP) is 1.68. The highest BCUT2D eigenvalue weighted by atomic mass is 16.4. The van der Waals surface area contributed by atoms with Crippen molar-refractivity contribution in [2.45, 2.75) is 45.6 Å². The van der Waals surface area contributed by atoms with E-state index in [1.807, 2.05) is 13.8 Å². The number of terminal acetylenes is 1. The molecule has 2 N–H and O–H groups in total. The Bertz CT molecular complexity index is 389. The van der Waals surface area contributed by atoms with Crippen LogP contribution in [0.15, 0.2) is 0 Å². The van der Waals surface area contributed by atoms with Gasteiger partial charge in [0, 0.05) is 13.1 Å². The highest BCUT2D eigenvalue weighted by Gasteiger charge is 2.42. The number of hydrogen-bond acceptors (Lipinski definition) is 2. The summed E-state index contributed by atoms with van der Waals surface area (Å²) in [5, 5.41) is 12.1. The first kappa shape index (κ1) is 15.4. The van der Waals surface area contributed by atoms with Crippen molar-refractivity contribution in [1.82, 2.24) is 10.2 Å². The predicted molar refractivity (Wildman–Crippen MR) is 72.6 cm³/mol. The standard InChI is InChI=1S/C14H22N2O3/c1-4-11(5-2)15-13(19)16-9-7-8-14(6-3,10-16)12(17)18/h1,11H,5-10H2,2-3H3,(H,15,19)(H,17,18). The van der Waals surface area contributed by atoms with Crippen molar-refractivity contribution >= 4 is 12.0 Å². The van der Waals surface area contributed by atoms with Crippen LogP contribution in [0, 0.1) is 17.8 Å². The third kappa shape index (κ3) is 3.40. The second-order valence-electron chi connectivity index (χ2n) is 5.04. The summed E-state index contributed by atoms with van der Waals surface area (Å²) in [6, 6.07) is -0.557. The number of carbonyl (C=O) groups excluding carboxylic acids is 1. The zero-order valence-corrected chi connectivity index (χ0v) is 11.6. The van der Waals surface area contributed by atoms with Crippen LogP contribution in [0.4, 0.5) is 4.79 Å². The molecule has 0 saturated carbocycles. The Morgan fingerprint density at radius 2 is 2.21 bits per heavy atom. The molecule has 1 aliphatic heterocycles. The summed E-state index contributed by atoms with van der Waals surface area (Å²) in [5.74, 6) is 1.68. The quantitative estimate of drug-likeness (QED) is 0.761. The molecule has 1 fully saturated rings. The van der Waals surface area contributed by atoms with Gasteiger partial charge in [-0.15, -0.1) is 6.42 Å². The average molecular weight is 266 g/mol. The molecule has 0 spiro atoms. The molecule has 1 saturated heterocycles. The molecule has 0 aromatic rings. The summed E-state index contributed by atoms with van der Waals surface area (Å²) in [5.41, 5.74) is -0.812. The third-order valence-corrected chi connectivity index (χ3v) is 3.90. The summed E-state index contributed by atoms with van der Waals surface area (Å²) in [4.78, 5) is 25.1. The normalized spacial score (nSPS) is 24.4. The van der Waals surface area contributed by atoms with Crippen molar-refractivity contribution in [2.24, 2.45) is 5.41 Å². The zero-order chi connectivity index (χ0) is 14.5. The van der Waals surface area contributed by atoms with E-state index in [1.165, 1.54) is 0 Å². The molecule has 106 valence electrons. The largest absolute Gasteiger partial charge is 0.481 e. The van der Waals surface area contributed by atoms with Crippen LogP contribution in [-0.4, -0.2) is 41.1 Å². The van der Waals surface area contributed by atoms with Gasteiger partial charge in [0.1, 0.15) is 0 Å². The van der Waals surface area contributed by atoms with Crippen molar-refractivity contribution < 1.29 is 14.7 Å². The summed E-state index contributed by atoms with van der Waals surface area (Å²) < 4.78 is 0. The van der Waals surface area contributed by atoms with Crippen LogP contribution in [0.3, 0.4) is 0 Å². The summed E-state index contributed by atoms with van der Waals surface area (Å²) in [7, 11) is 0. The Morgan fingerprint density at radius 1 is 1.53 bits per heavy atom. The van der Waals surface area contributed by atoms with E-state index in [2.05, 4.69) is 11.2 Å². The fourth-order valence-electron chi connectivity index (χ4n) is 2.42. The SMILES string of the molecule is C#CC(CC)NC(=O)N1CCCC(CC)(C(=O)O)C1. The second kappa shape index (κ2) is 6.46. The number of likely N-dealkylation sites (tertiary alicyclic amines) is 1. The van der Waals surface area contributed by atoms with Gasteiger partial charge in [-0.1, -0.05) is 19.8 Å². The average Bonchev–Trinajstić information content (AvgIpc) is 2.44. The number of hydrogen-bond donors (Lipinski definition) is 2. The maximum Gasteiger partial charge on any atom is 0.318 e.